The minimum Gasteiger partial charge on any atom is -0.389 e. The number of benzene rings is 1. The Hall–Kier alpha value is -1.43. The van der Waals surface area contributed by atoms with Gasteiger partial charge in [-0.05, 0) is 17.7 Å². The average Bonchev–Trinajstić information content (AvgIpc) is 2.68. The van der Waals surface area contributed by atoms with E-state index in [9.17, 15) is 10.2 Å². The maximum absolute atomic E-state index is 9.79. The summed E-state index contributed by atoms with van der Waals surface area (Å²) < 4.78 is 1.89. The molecule has 86 valence electrons. The third-order valence-corrected chi connectivity index (χ3v) is 2.70. The Morgan fingerprint density at radius 1 is 1.44 bits per heavy atom. The van der Waals surface area contributed by atoms with Gasteiger partial charge in [-0.2, -0.15) is 0 Å². The summed E-state index contributed by atoms with van der Waals surface area (Å²) in [6, 6.07) is 5.40. The number of aliphatic hydroxyl groups is 2. The number of imidazole rings is 1. The van der Waals surface area contributed by atoms with E-state index in [0.717, 1.165) is 11.0 Å². The molecule has 5 heteroatoms. The summed E-state index contributed by atoms with van der Waals surface area (Å²) in [5, 5.41) is 19.2. The molecular formula is C11H15N3O2. The van der Waals surface area contributed by atoms with Crippen molar-refractivity contribution in [2.24, 2.45) is 12.8 Å². The highest BCUT2D eigenvalue weighted by Crippen LogP contribution is 2.21. The van der Waals surface area contributed by atoms with Gasteiger partial charge in [-0.15, -0.1) is 0 Å². The molecule has 1 heterocycles. The number of aliphatic hydroxyl groups excluding tert-OH is 2. The first-order chi connectivity index (χ1) is 7.63. The molecule has 0 aliphatic heterocycles. The van der Waals surface area contributed by atoms with E-state index in [2.05, 4.69) is 4.98 Å². The topological polar surface area (TPSA) is 84.3 Å². The van der Waals surface area contributed by atoms with Crippen LogP contribution in [0.4, 0.5) is 0 Å². The number of rotatable bonds is 3. The Morgan fingerprint density at radius 3 is 2.88 bits per heavy atom. The van der Waals surface area contributed by atoms with Crippen molar-refractivity contribution >= 4 is 11.0 Å². The molecule has 0 saturated carbocycles. The van der Waals surface area contributed by atoms with Crippen LogP contribution in [0.15, 0.2) is 24.5 Å². The second-order valence-corrected chi connectivity index (χ2v) is 3.85. The van der Waals surface area contributed by atoms with E-state index in [1.54, 1.807) is 18.5 Å². The van der Waals surface area contributed by atoms with Crippen molar-refractivity contribution in [1.29, 1.82) is 0 Å². The van der Waals surface area contributed by atoms with Crippen LogP contribution in [-0.4, -0.2) is 32.4 Å². The van der Waals surface area contributed by atoms with Gasteiger partial charge in [-0.25, -0.2) is 4.98 Å². The lowest BCUT2D eigenvalue weighted by Crippen LogP contribution is -2.27. The molecule has 0 radical (unpaired) electrons. The smallest absolute Gasteiger partial charge is 0.106 e. The lowest BCUT2D eigenvalue weighted by molar-refractivity contribution is 0.0244. The molecule has 2 aromatic rings. The zero-order valence-electron chi connectivity index (χ0n) is 9.04. The Balaban J connectivity index is 2.39. The third-order valence-electron chi connectivity index (χ3n) is 2.70. The maximum Gasteiger partial charge on any atom is 0.106 e. The molecule has 0 amide bonds. The molecule has 0 aliphatic rings. The van der Waals surface area contributed by atoms with Gasteiger partial charge in [-0.1, -0.05) is 6.07 Å². The van der Waals surface area contributed by atoms with E-state index in [1.807, 2.05) is 17.7 Å². The van der Waals surface area contributed by atoms with Gasteiger partial charge in [0, 0.05) is 13.6 Å². The molecule has 0 saturated heterocycles. The molecule has 0 aliphatic carbocycles. The minimum absolute atomic E-state index is 0.0292. The molecule has 2 rings (SSSR count). The highest BCUT2D eigenvalue weighted by molar-refractivity contribution is 5.76. The first-order valence-corrected chi connectivity index (χ1v) is 5.10. The number of fused-ring (bicyclic) bond motifs is 1. The van der Waals surface area contributed by atoms with Crippen molar-refractivity contribution in [3.63, 3.8) is 0 Å². The Morgan fingerprint density at radius 2 is 2.19 bits per heavy atom. The number of hydrogen-bond acceptors (Lipinski definition) is 4. The Kier molecular flexibility index (Phi) is 2.91. The standard InChI is InChI=1S/C11H15N3O2/c1-14-6-13-8-4-7(2-3-9(8)14)11(16)10(15)5-12/h2-4,6,10-11,15-16H,5,12H2,1H3. The maximum atomic E-state index is 9.79. The zero-order valence-corrected chi connectivity index (χ0v) is 9.04. The van der Waals surface area contributed by atoms with Crippen LogP contribution in [0.3, 0.4) is 0 Å². The monoisotopic (exact) mass is 221 g/mol. The molecule has 2 atom stereocenters. The quantitative estimate of drug-likeness (QED) is 0.677. The molecule has 0 bridgehead atoms. The number of aryl methyl sites for hydroxylation is 1. The van der Waals surface area contributed by atoms with Crippen LogP contribution in [0.5, 0.6) is 0 Å². The fourth-order valence-electron chi connectivity index (χ4n) is 1.69. The Bertz CT molecular complexity index is 495. The summed E-state index contributed by atoms with van der Waals surface area (Å²) >= 11 is 0. The van der Waals surface area contributed by atoms with Crippen LogP contribution >= 0.6 is 0 Å². The van der Waals surface area contributed by atoms with Crippen LogP contribution in [0.25, 0.3) is 11.0 Å². The summed E-state index contributed by atoms with van der Waals surface area (Å²) in [7, 11) is 1.90. The molecule has 1 aromatic carbocycles. The van der Waals surface area contributed by atoms with Crippen LogP contribution in [0.1, 0.15) is 11.7 Å². The van der Waals surface area contributed by atoms with Gasteiger partial charge < -0.3 is 20.5 Å². The van der Waals surface area contributed by atoms with Crippen molar-refractivity contribution in [2.45, 2.75) is 12.2 Å². The summed E-state index contributed by atoms with van der Waals surface area (Å²) in [4.78, 5) is 4.19. The molecule has 2 unspecified atom stereocenters. The summed E-state index contributed by atoms with van der Waals surface area (Å²) in [6.45, 7) is 0.0292. The molecule has 5 nitrogen and oxygen atoms in total. The number of aromatic nitrogens is 2. The van der Waals surface area contributed by atoms with Gasteiger partial charge in [0.1, 0.15) is 6.10 Å². The van der Waals surface area contributed by atoms with Gasteiger partial charge in [0.15, 0.2) is 0 Å². The molecule has 4 N–H and O–H groups in total. The van der Waals surface area contributed by atoms with E-state index >= 15 is 0 Å². The van der Waals surface area contributed by atoms with E-state index in [0.29, 0.717) is 5.56 Å². The van der Waals surface area contributed by atoms with Crippen LogP contribution in [-0.2, 0) is 7.05 Å². The van der Waals surface area contributed by atoms with Gasteiger partial charge in [0.05, 0.1) is 23.5 Å². The fraction of sp³-hybridized carbons (Fsp3) is 0.364. The van der Waals surface area contributed by atoms with Crippen molar-refractivity contribution in [3.05, 3.63) is 30.1 Å². The molecule has 1 aromatic heterocycles. The van der Waals surface area contributed by atoms with E-state index < -0.39 is 12.2 Å². The molecule has 0 fully saturated rings. The van der Waals surface area contributed by atoms with Gasteiger partial charge in [-0.3, -0.25) is 0 Å². The lowest BCUT2D eigenvalue weighted by atomic mass is 10.0. The van der Waals surface area contributed by atoms with Gasteiger partial charge in [0.2, 0.25) is 0 Å². The number of hydrogen-bond donors (Lipinski definition) is 3. The van der Waals surface area contributed by atoms with Crippen LogP contribution in [0.2, 0.25) is 0 Å². The number of nitrogens with zero attached hydrogens (tertiary/aromatic N) is 2. The Labute approximate surface area is 93.1 Å². The summed E-state index contributed by atoms with van der Waals surface area (Å²) in [6.07, 6.45) is -0.197. The second kappa shape index (κ2) is 4.21. The largest absolute Gasteiger partial charge is 0.389 e. The summed E-state index contributed by atoms with van der Waals surface area (Å²) in [5.74, 6) is 0. The van der Waals surface area contributed by atoms with Crippen molar-refractivity contribution < 1.29 is 10.2 Å². The SMILES string of the molecule is Cn1cnc2cc(C(O)C(O)CN)ccc21. The highest BCUT2D eigenvalue weighted by atomic mass is 16.3. The van der Waals surface area contributed by atoms with Gasteiger partial charge >= 0.3 is 0 Å². The van der Waals surface area contributed by atoms with Gasteiger partial charge in [0.25, 0.3) is 0 Å². The third kappa shape index (κ3) is 1.80. The first-order valence-electron chi connectivity index (χ1n) is 5.10. The fourth-order valence-corrected chi connectivity index (χ4v) is 1.69. The predicted molar refractivity (Wildman–Crippen MR) is 60.7 cm³/mol. The molecule has 16 heavy (non-hydrogen) atoms. The molecule has 0 spiro atoms. The van der Waals surface area contributed by atoms with Crippen LogP contribution in [0, 0.1) is 0 Å². The van der Waals surface area contributed by atoms with Crippen molar-refractivity contribution in [1.82, 2.24) is 9.55 Å². The lowest BCUT2D eigenvalue weighted by Gasteiger charge is -2.16. The minimum atomic E-state index is -0.962. The van der Waals surface area contributed by atoms with Crippen molar-refractivity contribution in [3.8, 4) is 0 Å². The second-order valence-electron chi connectivity index (χ2n) is 3.85. The van der Waals surface area contributed by atoms with Crippen LogP contribution < -0.4 is 5.73 Å². The van der Waals surface area contributed by atoms with E-state index in [1.165, 1.54) is 0 Å². The van der Waals surface area contributed by atoms with E-state index in [-0.39, 0.29) is 6.54 Å². The average molecular weight is 221 g/mol. The van der Waals surface area contributed by atoms with Crippen molar-refractivity contribution in [2.75, 3.05) is 6.54 Å². The normalized spacial score (nSPS) is 15.2. The predicted octanol–water partition coefficient (Wildman–Crippen LogP) is -0.0737. The highest BCUT2D eigenvalue weighted by Gasteiger charge is 2.17. The first kappa shape index (κ1) is 11.1. The zero-order chi connectivity index (χ0) is 11.7. The molecular weight excluding hydrogens is 206 g/mol. The van der Waals surface area contributed by atoms with E-state index in [4.69, 9.17) is 5.73 Å². The summed E-state index contributed by atoms with van der Waals surface area (Å²) in [5.41, 5.74) is 7.71. The number of nitrogens with two attached hydrogens (primary N) is 1.